The number of carbonyl (C=O) groups is 2. The van der Waals surface area contributed by atoms with Gasteiger partial charge in [0.2, 0.25) is 0 Å². The zero-order chi connectivity index (χ0) is 19.6. The van der Waals surface area contributed by atoms with E-state index in [-0.39, 0.29) is 18.0 Å². The molecule has 26 heavy (non-hydrogen) atoms. The van der Waals surface area contributed by atoms with Crippen molar-refractivity contribution in [2.75, 3.05) is 0 Å². The molecule has 1 N–H and O–H groups in total. The minimum atomic E-state index is -0.522. The number of esters is 2. The van der Waals surface area contributed by atoms with Crippen LogP contribution in [0.15, 0.2) is 12.2 Å². The van der Waals surface area contributed by atoms with Gasteiger partial charge in [-0.1, -0.05) is 70.9 Å². The lowest BCUT2D eigenvalue weighted by Crippen LogP contribution is -2.19. The van der Waals surface area contributed by atoms with Crippen molar-refractivity contribution in [2.45, 2.75) is 110 Å². The number of aliphatic hydroxyl groups excluding tert-OH is 1. The van der Waals surface area contributed by atoms with Gasteiger partial charge in [-0.15, -0.1) is 0 Å². The van der Waals surface area contributed by atoms with Gasteiger partial charge in [0.25, 0.3) is 0 Å². The van der Waals surface area contributed by atoms with Crippen LogP contribution in [0.5, 0.6) is 0 Å². The van der Waals surface area contributed by atoms with E-state index in [0.29, 0.717) is 0 Å². The Morgan fingerprint density at radius 1 is 0.923 bits per heavy atom. The van der Waals surface area contributed by atoms with Crippen molar-refractivity contribution < 1.29 is 19.4 Å². The highest BCUT2D eigenvalue weighted by molar-refractivity contribution is 5.85. The molecule has 0 heterocycles. The topological polar surface area (TPSA) is 63.6 Å². The van der Waals surface area contributed by atoms with Crippen LogP contribution in [0.2, 0.25) is 0 Å². The molecule has 0 aromatic carbocycles. The number of hydrogen-bond acceptors (Lipinski definition) is 4. The van der Waals surface area contributed by atoms with E-state index in [1.807, 2.05) is 6.92 Å². The molecule has 0 aliphatic rings. The molecule has 0 aromatic rings. The third kappa shape index (κ3) is 15.1. The summed E-state index contributed by atoms with van der Waals surface area (Å²) in [5.41, 5.74) is 0. The Bertz CT molecular complexity index is 390. The molecule has 0 saturated carbocycles. The van der Waals surface area contributed by atoms with Crippen molar-refractivity contribution in [2.24, 2.45) is 5.92 Å². The van der Waals surface area contributed by atoms with Gasteiger partial charge < -0.3 is 9.84 Å². The third-order valence-corrected chi connectivity index (χ3v) is 4.71. The summed E-state index contributed by atoms with van der Waals surface area (Å²) in [6.07, 6.45) is 17.5. The molecule has 0 aliphatic carbocycles. The molecule has 0 aromatic heterocycles. The average Bonchev–Trinajstić information content (AvgIpc) is 2.59. The lowest BCUT2D eigenvalue weighted by Gasteiger charge is -2.12. The van der Waals surface area contributed by atoms with Crippen LogP contribution in [0.4, 0.5) is 0 Å². The molecule has 152 valence electrons. The fourth-order valence-electron chi connectivity index (χ4n) is 3.02. The van der Waals surface area contributed by atoms with E-state index in [0.717, 1.165) is 64.2 Å². The van der Waals surface area contributed by atoms with Crippen molar-refractivity contribution >= 4 is 11.9 Å². The van der Waals surface area contributed by atoms with E-state index in [9.17, 15) is 14.7 Å². The summed E-state index contributed by atoms with van der Waals surface area (Å²) in [5.74, 6) is -1.06. The summed E-state index contributed by atoms with van der Waals surface area (Å²) >= 11 is 0. The monoisotopic (exact) mass is 368 g/mol. The molecule has 0 spiro atoms. The van der Waals surface area contributed by atoms with Gasteiger partial charge in [-0.25, -0.2) is 0 Å². The summed E-state index contributed by atoms with van der Waals surface area (Å²) in [5, 5.41) is 9.89. The number of carbonyl (C=O) groups excluding carboxylic acids is 2. The highest BCUT2D eigenvalue weighted by Crippen LogP contribution is 2.16. The first kappa shape index (κ1) is 24.8. The smallest absolute Gasteiger partial charge is 0.316 e. The maximum Gasteiger partial charge on any atom is 0.316 e. The molecule has 4 heteroatoms. The number of rotatable bonds is 16. The van der Waals surface area contributed by atoms with Gasteiger partial charge in [-0.3, -0.25) is 9.59 Å². The van der Waals surface area contributed by atoms with Crippen LogP contribution < -0.4 is 0 Å². The summed E-state index contributed by atoms with van der Waals surface area (Å²) in [6, 6.07) is 0. The van der Waals surface area contributed by atoms with Gasteiger partial charge in [-0.05, 0) is 38.5 Å². The fourth-order valence-corrected chi connectivity index (χ4v) is 3.02. The van der Waals surface area contributed by atoms with E-state index >= 15 is 0 Å². The SMILES string of the molecule is CCCCCC[C@@H](O)C/C=C\CCCCCCC(CC)C(=O)OC(C)=O. The summed E-state index contributed by atoms with van der Waals surface area (Å²) in [4.78, 5) is 22.5. The van der Waals surface area contributed by atoms with Gasteiger partial charge in [-0.2, -0.15) is 0 Å². The maximum absolute atomic E-state index is 11.7. The van der Waals surface area contributed by atoms with Crippen molar-refractivity contribution in [3.05, 3.63) is 12.2 Å². The molecule has 0 fully saturated rings. The Labute approximate surface area is 160 Å². The van der Waals surface area contributed by atoms with Crippen molar-refractivity contribution in [1.29, 1.82) is 0 Å². The molecule has 4 nitrogen and oxygen atoms in total. The molecule has 2 atom stereocenters. The van der Waals surface area contributed by atoms with E-state index < -0.39 is 5.97 Å². The largest absolute Gasteiger partial charge is 0.393 e. The number of hydrogen-bond donors (Lipinski definition) is 1. The van der Waals surface area contributed by atoms with Gasteiger partial charge in [0.15, 0.2) is 0 Å². The Morgan fingerprint density at radius 2 is 1.58 bits per heavy atom. The van der Waals surface area contributed by atoms with E-state index in [4.69, 9.17) is 0 Å². The number of allylic oxidation sites excluding steroid dienone is 1. The Morgan fingerprint density at radius 3 is 2.23 bits per heavy atom. The van der Waals surface area contributed by atoms with Crippen LogP contribution in [0.3, 0.4) is 0 Å². The van der Waals surface area contributed by atoms with Crippen LogP contribution >= 0.6 is 0 Å². The molecule has 0 amide bonds. The molecule has 0 rings (SSSR count). The minimum Gasteiger partial charge on any atom is -0.393 e. The average molecular weight is 369 g/mol. The molecule has 1 unspecified atom stereocenters. The Hall–Kier alpha value is -1.16. The molecule has 0 radical (unpaired) electrons. The first-order chi connectivity index (χ1) is 12.5. The number of ether oxygens (including phenoxy) is 1. The highest BCUT2D eigenvalue weighted by Gasteiger charge is 2.18. The van der Waals surface area contributed by atoms with Gasteiger partial charge in [0.05, 0.1) is 12.0 Å². The van der Waals surface area contributed by atoms with Gasteiger partial charge in [0, 0.05) is 6.92 Å². The first-order valence-electron chi connectivity index (χ1n) is 10.6. The predicted molar refractivity (Wildman–Crippen MR) is 107 cm³/mol. The lowest BCUT2D eigenvalue weighted by atomic mass is 9.98. The molecular weight excluding hydrogens is 328 g/mol. The first-order valence-corrected chi connectivity index (χ1v) is 10.6. The molecule has 0 bridgehead atoms. The van der Waals surface area contributed by atoms with Gasteiger partial charge >= 0.3 is 11.9 Å². The van der Waals surface area contributed by atoms with Crippen LogP contribution in [-0.2, 0) is 14.3 Å². The maximum atomic E-state index is 11.7. The second kappa shape index (κ2) is 17.3. The third-order valence-electron chi connectivity index (χ3n) is 4.71. The van der Waals surface area contributed by atoms with Crippen molar-refractivity contribution in [3.63, 3.8) is 0 Å². The molecule has 0 aliphatic heterocycles. The van der Waals surface area contributed by atoms with Crippen molar-refractivity contribution in [3.8, 4) is 0 Å². The summed E-state index contributed by atoms with van der Waals surface area (Å²) in [6.45, 7) is 5.42. The second-order valence-corrected chi connectivity index (χ2v) is 7.22. The lowest BCUT2D eigenvalue weighted by molar-refractivity contribution is -0.161. The molecular formula is C22H40O4. The zero-order valence-corrected chi connectivity index (χ0v) is 17.2. The number of unbranched alkanes of at least 4 members (excludes halogenated alkanes) is 7. The van der Waals surface area contributed by atoms with E-state index in [2.05, 4.69) is 23.8 Å². The van der Waals surface area contributed by atoms with E-state index in [1.54, 1.807) is 0 Å². The number of aliphatic hydroxyl groups is 1. The van der Waals surface area contributed by atoms with Crippen LogP contribution in [0.25, 0.3) is 0 Å². The zero-order valence-electron chi connectivity index (χ0n) is 17.2. The van der Waals surface area contributed by atoms with E-state index in [1.165, 1.54) is 26.2 Å². The van der Waals surface area contributed by atoms with Crippen LogP contribution in [0, 0.1) is 5.92 Å². The standard InChI is InChI=1S/C22H40O4/c1-4-6-7-14-17-21(24)18-15-12-10-8-9-11-13-16-20(5-2)22(25)26-19(3)23/h12,15,20-21,24H,4-11,13-14,16-18H2,1-3H3/b15-12-/t20?,21-/m1/s1. The Balaban J connectivity index is 3.59. The predicted octanol–water partition coefficient (Wildman–Crippen LogP) is 5.72. The molecule has 0 saturated heterocycles. The summed E-state index contributed by atoms with van der Waals surface area (Å²) in [7, 11) is 0. The fraction of sp³-hybridized carbons (Fsp3) is 0.818. The Kier molecular flexibility index (Phi) is 16.5. The quantitative estimate of drug-likeness (QED) is 0.164. The van der Waals surface area contributed by atoms with Crippen molar-refractivity contribution in [1.82, 2.24) is 0 Å². The summed E-state index contributed by atoms with van der Waals surface area (Å²) < 4.78 is 4.67. The minimum absolute atomic E-state index is 0.155. The van der Waals surface area contributed by atoms with Gasteiger partial charge in [0.1, 0.15) is 0 Å². The van der Waals surface area contributed by atoms with Crippen LogP contribution in [-0.4, -0.2) is 23.1 Å². The highest BCUT2D eigenvalue weighted by atomic mass is 16.6. The van der Waals surface area contributed by atoms with Crippen LogP contribution in [0.1, 0.15) is 104 Å². The normalized spacial score (nSPS) is 13.7. The second-order valence-electron chi connectivity index (χ2n) is 7.22.